The van der Waals surface area contributed by atoms with E-state index >= 15 is 0 Å². The summed E-state index contributed by atoms with van der Waals surface area (Å²) >= 11 is 5.86. The predicted molar refractivity (Wildman–Crippen MR) is 78.9 cm³/mol. The molecule has 2 fully saturated rings. The van der Waals surface area contributed by atoms with E-state index in [9.17, 15) is 5.11 Å². The van der Waals surface area contributed by atoms with E-state index < -0.39 is 0 Å². The van der Waals surface area contributed by atoms with Crippen molar-refractivity contribution in [1.82, 2.24) is 20.0 Å². The summed E-state index contributed by atoms with van der Waals surface area (Å²) in [5, 5.41) is 18.2. The van der Waals surface area contributed by atoms with Crippen LogP contribution < -0.4 is 5.32 Å². The molecule has 2 heterocycles. The van der Waals surface area contributed by atoms with E-state index in [1.807, 2.05) is 10.9 Å². The number of nitrogens with one attached hydrogen (secondary N) is 1. The average Bonchev–Trinajstić information content (AvgIpc) is 3.11. The van der Waals surface area contributed by atoms with Gasteiger partial charge >= 0.3 is 0 Å². The minimum Gasteiger partial charge on any atom is -0.392 e. The second-order valence-electron chi connectivity index (χ2n) is 5.92. The van der Waals surface area contributed by atoms with Crippen LogP contribution in [0.4, 0.5) is 0 Å². The quantitative estimate of drug-likeness (QED) is 0.855. The fourth-order valence-electron chi connectivity index (χ4n) is 3.51. The van der Waals surface area contributed by atoms with Crippen LogP contribution in [0.5, 0.6) is 0 Å². The van der Waals surface area contributed by atoms with Crippen molar-refractivity contribution in [1.29, 1.82) is 0 Å². The third-order valence-corrected chi connectivity index (χ3v) is 4.69. The first-order chi connectivity index (χ1) is 9.72. The van der Waals surface area contributed by atoms with Gasteiger partial charge in [-0.3, -0.25) is 9.58 Å². The highest BCUT2D eigenvalue weighted by Crippen LogP contribution is 2.27. The molecule has 1 saturated carbocycles. The molecule has 1 aromatic rings. The number of aliphatic hydroxyl groups excluding tert-OH is 1. The zero-order chi connectivity index (χ0) is 13.9. The third kappa shape index (κ3) is 3.34. The Balaban J connectivity index is 1.46. The topological polar surface area (TPSA) is 53.3 Å². The highest BCUT2D eigenvalue weighted by molar-refractivity contribution is 6.30. The van der Waals surface area contributed by atoms with Gasteiger partial charge in [0.15, 0.2) is 0 Å². The summed E-state index contributed by atoms with van der Waals surface area (Å²) in [5.74, 6) is 0. The van der Waals surface area contributed by atoms with E-state index in [4.69, 9.17) is 11.6 Å². The van der Waals surface area contributed by atoms with Crippen molar-refractivity contribution < 1.29 is 5.11 Å². The van der Waals surface area contributed by atoms with E-state index in [0.29, 0.717) is 17.1 Å². The van der Waals surface area contributed by atoms with Gasteiger partial charge in [0.05, 0.1) is 23.9 Å². The molecule has 1 aliphatic heterocycles. The van der Waals surface area contributed by atoms with Gasteiger partial charge in [-0.1, -0.05) is 18.0 Å². The van der Waals surface area contributed by atoms with E-state index in [2.05, 4.69) is 15.3 Å². The lowest BCUT2D eigenvalue weighted by atomic mass is 10.1. The van der Waals surface area contributed by atoms with Crippen LogP contribution in [0.3, 0.4) is 0 Å². The first kappa shape index (κ1) is 14.3. The lowest BCUT2D eigenvalue weighted by Gasteiger charge is -2.29. The van der Waals surface area contributed by atoms with Crippen molar-refractivity contribution >= 4 is 11.6 Å². The molecule has 0 radical (unpaired) electrons. The molecule has 112 valence electrons. The molecule has 0 bridgehead atoms. The van der Waals surface area contributed by atoms with Crippen molar-refractivity contribution in [2.45, 2.75) is 50.4 Å². The molecule has 2 aliphatic rings. The Morgan fingerprint density at radius 3 is 3.00 bits per heavy atom. The maximum Gasteiger partial charge on any atom is 0.0785 e. The number of aromatic nitrogens is 2. The van der Waals surface area contributed by atoms with Gasteiger partial charge in [0.25, 0.3) is 0 Å². The molecular formula is C14H23ClN4O. The Hall–Kier alpha value is -0.620. The van der Waals surface area contributed by atoms with Crippen LogP contribution in [0.1, 0.15) is 25.7 Å². The first-order valence-corrected chi connectivity index (χ1v) is 7.93. The minimum absolute atomic E-state index is 0.123. The molecular weight excluding hydrogens is 276 g/mol. The van der Waals surface area contributed by atoms with E-state index in [0.717, 1.165) is 32.6 Å². The lowest BCUT2D eigenvalue weighted by molar-refractivity contribution is 0.150. The van der Waals surface area contributed by atoms with Gasteiger partial charge in [0.1, 0.15) is 0 Å². The number of rotatable bonds is 5. The molecule has 20 heavy (non-hydrogen) atoms. The van der Waals surface area contributed by atoms with Crippen molar-refractivity contribution in [3.8, 4) is 0 Å². The van der Waals surface area contributed by atoms with Gasteiger partial charge in [-0.2, -0.15) is 5.10 Å². The van der Waals surface area contributed by atoms with Crippen molar-refractivity contribution in [2.24, 2.45) is 0 Å². The summed E-state index contributed by atoms with van der Waals surface area (Å²) in [5.41, 5.74) is 0. The maximum absolute atomic E-state index is 9.69. The van der Waals surface area contributed by atoms with Gasteiger partial charge < -0.3 is 10.4 Å². The summed E-state index contributed by atoms with van der Waals surface area (Å²) < 4.78 is 1.87. The summed E-state index contributed by atoms with van der Waals surface area (Å²) in [6, 6.07) is 1.14. The van der Waals surface area contributed by atoms with E-state index in [1.165, 1.54) is 19.3 Å². The van der Waals surface area contributed by atoms with Crippen LogP contribution in [0.2, 0.25) is 5.02 Å². The Bertz CT molecular complexity index is 439. The molecule has 1 saturated heterocycles. The number of aliphatic hydroxyl groups is 1. The fraction of sp³-hybridized carbons (Fsp3) is 0.786. The van der Waals surface area contributed by atoms with Crippen molar-refractivity contribution in [3.63, 3.8) is 0 Å². The standard InChI is InChI=1S/C14H23ClN4O/c15-11-8-17-19(9-11)7-5-16-13-2-1-3-14(13)18-6-4-12(20)10-18/h8-9,12-14,16,20H,1-7,10H2/t12?,13-,14+/m1/s1. The maximum atomic E-state index is 9.69. The zero-order valence-electron chi connectivity index (χ0n) is 11.7. The Morgan fingerprint density at radius 1 is 1.40 bits per heavy atom. The normalized spacial score (nSPS) is 31.2. The van der Waals surface area contributed by atoms with E-state index in [-0.39, 0.29) is 6.10 Å². The number of hydrogen-bond donors (Lipinski definition) is 2. The second kappa shape index (κ2) is 6.43. The van der Waals surface area contributed by atoms with Gasteiger partial charge in [-0.25, -0.2) is 0 Å². The first-order valence-electron chi connectivity index (χ1n) is 7.56. The van der Waals surface area contributed by atoms with Crippen LogP contribution in [-0.2, 0) is 6.54 Å². The molecule has 1 aromatic heterocycles. The Kier molecular flexibility index (Phi) is 4.61. The molecule has 1 unspecified atom stereocenters. The molecule has 6 heteroatoms. The highest BCUT2D eigenvalue weighted by atomic mass is 35.5. The fourth-order valence-corrected chi connectivity index (χ4v) is 3.67. The highest BCUT2D eigenvalue weighted by Gasteiger charge is 2.35. The summed E-state index contributed by atoms with van der Waals surface area (Å²) in [6.45, 7) is 3.64. The van der Waals surface area contributed by atoms with E-state index in [1.54, 1.807) is 6.20 Å². The molecule has 5 nitrogen and oxygen atoms in total. The lowest BCUT2D eigenvalue weighted by Crippen LogP contribution is -2.47. The smallest absolute Gasteiger partial charge is 0.0785 e. The number of likely N-dealkylation sites (tertiary alicyclic amines) is 1. The second-order valence-corrected chi connectivity index (χ2v) is 6.35. The Labute approximate surface area is 124 Å². The van der Waals surface area contributed by atoms with Gasteiger partial charge in [-0.05, 0) is 19.3 Å². The summed E-state index contributed by atoms with van der Waals surface area (Å²) in [6.07, 6.45) is 8.09. The number of halogens is 1. The summed E-state index contributed by atoms with van der Waals surface area (Å²) in [4.78, 5) is 2.46. The van der Waals surface area contributed by atoms with Crippen LogP contribution in [0.25, 0.3) is 0 Å². The molecule has 0 amide bonds. The molecule has 0 spiro atoms. The van der Waals surface area contributed by atoms with Crippen LogP contribution in [0, 0.1) is 0 Å². The largest absolute Gasteiger partial charge is 0.392 e. The van der Waals surface area contributed by atoms with Gasteiger partial charge in [0.2, 0.25) is 0 Å². The zero-order valence-corrected chi connectivity index (χ0v) is 12.5. The molecule has 1 aliphatic carbocycles. The molecule has 3 atom stereocenters. The van der Waals surface area contributed by atoms with Crippen LogP contribution >= 0.6 is 11.6 Å². The van der Waals surface area contributed by atoms with Crippen LogP contribution in [0.15, 0.2) is 12.4 Å². The van der Waals surface area contributed by atoms with Crippen molar-refractivity contribution in [2.75, 3.05) is 19.6 Å². The molecule has 2 N–H and O–H groups in total. The molecule has 0 aromatic carbocycles. The monoisotopic (exact) mass is 298 g/mol. The van der Waals surface area contributed by atoms with Crippen LogP contribution in [-0.4, -0.2) is 57.6 Å². The van der Waals surface area contributed by atoms with Crippen molar-refractivity contribution in [3.05, 3.63) is 17.4 Å². The SMILES string of the molecule is OC1CCN([C@H]2CCC[C@H]2NCCn2cc(Cl)cn2)C1. The number of hydrogen-bond acceptors (Lipinski definition) is 4. The number of β-amino-alcohol motifs (C(OH)–C–C–N with tert-alkyl or cyclic N) is 1. The predicted octanol–water partition coefficient (Wildman–Crippen LogP) is 1.11. The number of nitrogens with zero attached hydrogens (tertiary/aromatic N) is 3. The van der Waals surface area contributed by atoms with Gasteiger partial charge in [-0.15, -0.1) is 0 Å². The van der Waals surface area contributed by atoms with Gasteiger partial charge in [0, 0.05) is 37.9 Å². The summed E-state index contributed by atoms with van der Waals surface area (Å²) in [7, 11) is 0. The Morgan fingerprint density at radius 2 is 2.30 bits per heavy atom. The third-order valence-electron chi connectivity index (χ3n) is 4.49. The molecule has 3 rings (SSSR count). The average molecular weight is 299 g/mol. The minimum atomic E-state index is -0.123.